The van der Waals surface area contributed by atoms with Crippen LogP contribution >= 0.6 is 11.6 Å². The van der Waals surface area contributed by atoms with Gasteiger partial charge in [0.2, 0.25) is 5.91 Å². The third kappa shape index (κ3) is 3.48. The molecule has 0 aliphatic carbocycles. The highest BCUT2D eigenvalue weighted by Crippen LogP contribution is 2.25. The van der Waals surface area contributed by atoms with Crippen LogP contribution in [0.2, 0.25) is 5.02 Å². The number of nitrogens with one attached hydrogen (secondary N) is 2. The maximum Gasteiger partial charge on any atom is 0.230 e. The van der Waals surface area contributed by atoms with Gasteiger partial charge in [-0.05, 0) is 50.9 Å². The standard InChI is InChI=1S/C15H21ClN2O/c1-15(2,11-5-3-6-12(16)9-11)14(19)18-10-13-7-4-8-17-13/h3,5-6,9,13,17H,4,7-8,10H2,1-2H3,(H,18,19). The minimum Gasteiger partial charge on any atom is -0.354 e. The van der Waals surface area contributed by atoms with E-state index in [9.17, 15) is 4.79 Å². The fraction of sp³-hybridized carbons (Fsp3) is 0.533. The van der Waals surface area contributed by atoms with Crippen LogP contribution in [0.4, 0.5) is 0 Å². The number of hydrogen-bond donors (Lipinski definition) is 2. The molecule has 0 spiro atoms. The lowest BCUT2D eigenvalue weighted by molar-refractivity contribution is -0.125. The molecule has 1 heterocycles. The first-order valence-corrected chi connectivity index (χ1v) is 7.15. The first-order chi connectivity index (χ1) is 9.00. The molecule has 0 radical (unpaired) electrons. The molecule has 1 aromatic rings. The van der Waals surface area contributed by atoms with Crippen LogP contribution in [0.5, 0.6) is 0 Å². The summed E-state index contributed by atoms with van der Waals surface area (Å²) in [4.78, 5) is 12.4. The minimum absolute atomic E-state index is 0.0449. The molecule has 2 rings (SSSR count). The Morgan fingerprint density at radius 3 is 2.95 bits per heavy atom. The quantitative estimate of drug-likeness (QED) is 0.890. The summed E-state index contributed by atoms with van der Waals surface area (Å²) in [6.45, 7) is 5.60. The Balaban J connectivity index is 1.99. The van der Waals surface area contributed by atoms with E-state index in [-0.39, 0.29) is 5.91 Å². The number of halogens is 1. The fourth-order valence-corrected chi connectivity index (χ4v) is 2.57. The van der Waals surface area contributed by atoms with Gasteiger partial charge in [-0.25, -0.2) is 0 Å². The van der Waals surface area contributed by atoms with Gasteiger partial charge in [0.1, 0.15) is 0 Å². The highest BCUT2D eigenvalue weighted by Gasteiger charge is 2.30. The molecule has 19 heavy (non-hydrogen) atoms. The average Bonchev–Trinajstić information content (AvgIpc) is 2.89. The number of rotatable bonds is 4. The Hall–Kier alpha value is -1.06. The van der Waals surface area contributed by atoms with E-state index in [1.54, 1.807) is 0 Å². The average molecular weight is 281 g/mol. The molecule has 1 aliphatic rings. The second-order valence-electron chi connectivity index (χ2n) is 5.64. The van der Waals surface area contributed by atoms with Crippen molar-refractivity contribution in [2.24, 2.45) is 0 Å². The summed E-state index contributed by atoms with van der Waals surface area (Å²) < 4.78 is 0. The monoisotopic (exact) mass is 280 g/mol. The fourth-order valence-electron chi connectivity index (χ4n) is 2.38. The largest absolute Gasteiger partial charge is 0.354 e. The van der Waals surface area contributed by atoms with Gasteiger partial charge in [0.15, 0.2) is 0 Å². The number of carbonyl (C=O) groups excluding carboxylic acids is 1. The van der Waals surface area contributed by atoms with Crippen LogP contribution in [0, 0.1) is 0 Å². The van der Waals surface area contributed by atoms with Gasteiger partial charge in [0.05, 0.1) is 5.41 Å². The summed E-state index contributed by atoms with van der Waals surface area (Å²) in [5, 5.41) is 7.08. The van der Waals surface area contributed by atoms with Crippen LogP contribution in [0.1, 0.15) is 32.3 Å². The predicted molar refractivity (Wildman–Crippen MR) is 78.5 cm³/mol. The molecular formula is C15H21ClN2O. The summed E-state index contributed by atoms with van der Waals surface area (Å²) in [6.07, 6.45) is 2.33. The molecule has 1 aliphatic heterocycles. The van der Waals surface area contributed by atoms with E-state index in [0.29, 0.717) is 17.6 Å². The first kappa shape index (κ1) is 14.4. The van der Waals surface area contributed by atoms with Crippen LogP contribution in [0.3, 0.4) is 0 Å². The molecule has 1 unspecified atom stereocenters. The van der Waals surface area contributed by atoms with Gasteiger partial charge in [-0.2, -0.15) is 0 Å². The Morgan fingerprint density at radius 2 is 2.32 bits per heavy atom. The van der Waals surface area contributed by atoms with Crippen molar-refractivity contribution < 1.29 is 4.79 Å². The van der Waals surface area contributed by atoms with Crippen LogP contribution in [-0.4, -0.2) is 25.0 Å². The molecule has 1 amide bonds. The molecule has 104 valence electrons. The molecular weight excluding hydrogens is 260 g/mol. The van der Waals surface area contributed by atoms with Gasteiger partial charge in [-0.15, -0.1) is 0 Å². The highest BCUT2D eigenvalue weighted by molar-refractivity contribution is 6.30. The normalized spacial score (nSPS) is 19.4. The van der Waals surface area contributed by atoms with Gasteiger partial charge in [-0.1, -0.05) is 23.7 Å². The van der Waals surface area contributed by atoms with E-state index in [1.165, 1.54) is 6.42 Å². The van der Waals surface area contributed by atoms with E-state index in [0.717, 1.165) is 18.5 Å². The third-order valence-corrected chi connectivity index (χ3v) is 4.02. The lowest BCUT2D eigenvalue weighted by Gasteiger charge is -2.25. The Morgan fingerprint density at radius 1 is 1.53 bits per heavy atom. The number of amides is 1. The second-order valence-corrected chi connectivity index (χ2v) is 6.08. The molecule has 1 aromatic carbocycles. The van der Waals surface area contributed by atoms with Crippen molar-refractivity contribution in [2.45, 2.75) is 38.1 Å². The van der Waals surface area contributed by atoms with Crippen LogP contribution in [0.15, 0.2) is 24.3 Å². The molecule has 0 aromatic heterocycles. The summed E-state index contributed by atoms with van der Waals surface area (Å²) in [6, 6.07) is 7.92. The Labute approximate surface area is 119 Å². The Kier molecular flexibility index (Phi) is 4.48. The summed E-state index contributed by atoms with van der Waals surface area (Å²) >= 11 is 5.99. The van der Waals surface area contributed by atoms with Crippen molar-refractivity contribution in [2.75, 3.05) is 13.1 Å². The topological polar surface area (TPSA) is 41.1 Å². The smallest absolute Gasteiger partial charge is 0.230 e. The van der Waals surface area contributed by atoms with E-state index in [1.807, 2.05) is 38.1 Å². The zero-order chi connectivity index (χ0) is 13.9. The van der Waals surface area contributed by atoms with Gasteiger partial charge in [0, 0.05) is 17.6 Å². The molecule has 3 nitrogen and oxygen atoms in total. The third-order valence-electron chi connectivity index (χ3n) is 3.79. The number of carbonyl (C=O) groups is 1. The van der Waals surface area contributed by atoms with E-state index in [4.69, 9.17) is 11.6 Å². The minimum atomic E-state index is -0.566. The maximum atomic E-state index is 12.4. The molecule has 1 fully saturated rings. The van der Waals surface area contributed by atoms with Crippen LogP contribution < -0.4 is 10.6 Å². The molecule has 2 N–H and O–H groups in total. The highest BCUT2D eigenvalue weighted by atomic mass is 35.5. The zero-order valence-corrected chi connectivity index (χ0v) is 12.3. The van der Waals surface area contributed by atoms with Crippen molar-refractivity contribution in [3.8, 4) is 0 Å². The summed E-state index contributed by atoms with van der Waals surface area (Å²) in [5.74, 6) is 0.0449. The van der Waals surface area contributed by atoms with Crippen LogP contribution in [-0.2, 0) is 10.2 Å². The van der Waals surface area contributed by atoms with Crippen molar-refractivity contribution >= 4 is 17.5 Å². The van der Waals surface area contributed by atoms with E-state index in [2.05, 4.69) is 10.6 Å². The molecule has 0 bridgehead atoms. The Bertz CT molecular complexity index is 453. The first-order valence-electron chi connectivity index (χ1n) is 6.78. The number of hydrogen-bond acceptors (Lipinski definition) is 2. The maximum absolute atomic E-state index is 12.4. The molecule has 1 atom stereocenters. The summed E-state index contributed by atoms with van der Waals surface area (Å²) in [7, 11) is 0. The number of benzene rings is 1. The van der Waals surface area contributed by atoms with E-state index >= 15 is 0 Å². The molecule has 4 heteroatoms. The zero-order valence-electron chi connectivity index (χ0n) is 11.5. The SMILES string of the molecule is CC(C)(C(=O)NCC1CCCN1)c1cccc(Cl)c1. The second kappa shape index (κ2) is 5.93. The summed E-state index contributed by atoms with van der Waals surface area (Å²) in [5.41, 5.74) is 0.376. The van der Waals surface area contributed by atoms with Gasteiger partial charge < -0.3 is 10.6 Å². The van der Waals surface area contributed by atoms with Gasteiger partial charge >= 0.3 is 0 Å². The van der Waals surface area contributed by atoms with Crippen molar-refractivity contribution in [1.29, 1.82) is 0 Å². The van der Waals surface area contributed by atoms with Gasteiger partial charge in [-0.3, -0.25) is 4.79 Å². The lowest BCUT2D eigenvalue weighted by atomic mass is 9.83. The molecule has 0 saturated carbocycles. The van der Waals surface area contributed by atoms with E-state index < -0.39 is 5.41 Å². The molecule has 1 saturated heterocycles. The van der Waals surface area contributed by atoms with Crippen molar-refractivity contribution in [3.05, 3.63) is 34.9 Å². The van der Waals surface area contributed by atoms with Gasteiger partial charge in [0.25, 0.3) is 0 Å². The van der Waals surface area contributed by atoms with Crippen LogP contribution in [0.25, 0.3) is 0 Å². The van der Waals surface area contributed by atoms with Crippen molar-refractivity contribution in [1.82, 2.24) is 10.6 Å². The predicted octanol–water partition coefficient (Wildman–Crippen LogP) is 2.49. The lowest BCUT2D eigenvalue weighted by Crippen LogP contribution is -2.45. The van der Waals surface area contributed by atoms with Crippen molar-refractivity contribution in [3.63, 3.8) is 0 Å².